The molecule has 1 aliphatic heterocycles. The molecule has 0 aromatic heterocycles. The van der Waals surface area contributed by atoms with Crippen LogP contribution in [-0.2, 0) is 6.54 Å². The van der Waals surface area contributed by atoms with Crippen LogP contribution < -0.4 is 14.8 Å². The average molecular weight is 237 g/mol. The fourth-order valence-electron chi connectivity index (χ4n) is 1.57. The number of nitrogens with one attached hydrogen (secondary N) is 1. The summed E-state index contributed by atoms with van der Waals surface area (Å²) in [7, 11) is 0. The summed E-state index contributed by atoms with van der Waals surface area (Å²) in [4.78, 5) is 0. The van der Waals surface area contributed by atoms with Crippen LogP contribution in [0.3, 0.4) is 0 Å². The third-order valence-electron chi connectivity index (χ3n) is 3.22. The van der Waals surface area contributed by atoms with E-state index in [4.69, 9.17) is 9.47 Å². The summed E-state index contributed by atoms with van der Waals surface area (Å²) in [6.45, 7) is 7.25. The molecule has 0 aliphatic carbocycles. The number of ether oxygens (including phenoxy) is 2. The highest BCUT2D eigenvalue weighted by atomic mass is 16.7. The van der Waals surface area contributed by atoms with Crippen molar-refractivity contribution in [3.8, 4) is 17.2 Å². The Bertz CT molecular complexity index is 415. The highest BCUT2D eigenvalue weighted by Crippen LogP contribution is 2.37. The number of aromatic hydroxyl groups is 1. The predicted molar refractivity (Wildman–Crippen MR) is 65.4 cm³/mol. The van der Waals surface area contributed by atoms with E-state index in [1.807, 2.05) is 6.07 Å². The molecule has 0 fully saturated rings. The Kier molecular flexibility index (Phi) is 3.15. The van der Waals surface area contributed by atoms with Gasteiger partial charge in [0.2, 0.25) is 6.79 Å². The smallest absolute Gasteiger partial charge is 0.231 e. The van der Waals surface area contributed by atoms with Crippen molar-refractivity contribution in [3.05, 3.63) is 17.7 Å². The van der Waals surface area contributed by atoms with E-state index in [9.17, 15) is 5.11 Å². The second-order valence-corrected chi connectivity index (χ2v) is 4.93. The molecule has 0 saturated carbocycles. The minimum Gasteiger partial charge on any atom is -0.507 e. The molecule has 1 aromatic rings. The Hall–Kier alpha value is -1.42. The molecular formula is C13H19NO3. The maximum atomic E-state index is 9.87. The highest BCUT2D eigenvalue weighted by molar-refractivity contribution is 5.51. The van der Waals surface area contributed by atoms with Crippen molar-refractivity contribution < 1.29 is 14.6 Å². The van der Waals surface area contributed by atoms with Gasteiger partial charge in [-0.1, -0.05) is 6.92 Å². The Morgan fingerprint density at radius 2 is 1.94 bits per heavy atom. The number of hydrogen-bond acceptors (Lipinski definition) is 4. The van der Waals surface area contributed by atoms with Crippen molar-refractivity contribution in [2.75, 3.05) is 6.79 Å². The van der Waals surface area contributed by atoms with E-state index in [1.165, 1.54) is 0 Å². The second-order valence-electron chi connectivity index (χ2n) is 4.93. The molecule has 4 nitrogen and oxygen atoms in total. The van der Waals surface area contributed by atoms with Crippen LogP contribution in [0.1, 0.15) is 32.8 Å². The molecule has 1 heterocycles. The van der Waals surface area contributed by atoms with Gasteiger partial charge in [0.15, 0.2) is 11.5 Å². The first kappa shape index (κ1) is 12.0. The van der Waals surface area contributed by atoms with E-state index >= 15 is 0 Å². The van der Waals surface area contributed by atoms with Gasteiger partial charge in [0.25, 0.3) is 0 Å². The molecule has 1 aliphatic rings. The van der Waals surface area contributed by atoms with Crippen molar-refractivity contribution in [2.45, 2.75) is 39.3 Å². The first-order valence-electron chi connectivity index (χ1n) is 5.88. The molecule has 0 bridgehead atoms. The molecule has 0 saturated heterocycles. The normalized spacial score (nSPS) is 14.1. The van der Waals surface area contributed by atoms with Crippen LogP contribution in [0.15, 0.2) is 12.1 Å². The monoisotopic (exact) mass is 237 g/mol. The molecule has 0 unspecified atom stereocenters. The van der Waals surface area contributed by atoms with E-state index in [-0.39, 0.29) is 18.1 Å². The van der Waals surface area contributed by atoms with Gasteiger partial charge in [-0.25, -0.2) is 0 Å². The van der Waals surface area contributed by atoms with Crippen LogP contribution in [0.2, 0.25) is 0 Å². The van der Waals surface area contributed by atoms with Crippen LogP contribution in [0.25, 0.3) is 0 Å². The lowest BCUT2D eigenvalue weighted by molar-refractivity contribution is 0.174. The van der Waals surface area contributed by atoms with Crippen molar-refractivity contribution in [1.29, 1.82) is 0 Å². The van der Waals surface area contributed by atoms with E-state index in [1.54, 1.807) is 6.07 Å². The van der Waals surface area contributed by atoms with E-state index in [0.29, 0.717) is 18.0 Å². The average Bonchev–Trinajstić information content (AvgIpc) is 2.73. The number of rotatable bonds is 4. The lowest BCUT2D eigenvalue weighted by Gasteiger charge is -2.24. The van der Waals surface area contributed by atoms with Gasteiger partial charge in [0, 0.05) is 23.7 Å². The zero-order valence-electron chi connectivity index (χ0n) is 10.5. The van der Waals surface area contributed by atoms with Crippen LogP contribution in [0.5, 0.6) is 17.2 Å². The maximum absolute atomic E-state index is 9.87. The van der Waals surface area contributed by atoms with Crippen molar-refractivity contribution in [1.82, 2.24) is 5.32 Å². The predicted octanol–water partition coefficient (Wildman–Crippen LogP) is 2.40. The first-order valence-corrected chi connectivity index (χ1v) is 5.88. The summed E-state index contributed by atoms with van der Waals surface area (Å²) in [5.74, 6) is 1.56. The molecule has 2 rings (SSSR count). The maximum Gasteiger partial charge on any atom is 0.231 e. The Balaban J connectivity index is 2.11. The zero-order chi connectivity index (χ0) is 12.5. The summed E-state index contributed by atoms with van der Waals surface area (Å²) in [6, 6.07) is 3.44. The summed E-state index contributed by atoms with van der Waals surface area (Å²) in [6.07, 6.45) is 1.03. The van der Waals surface area contributed by atoms with Gasteiger partial charge in [-0.2, -0.15) is 0 Å². The Morgan fingerprint density at radius 3 is 2.59 bits per heavy atom. The summed E-state index contributed by atoms with van der Waals surface area (Å²) in [5, 5.41) is 13.3. The topological polar surface area (TPSA) is 50.7 Å². The lowest BCUT2D eigenvalue weighted by atomic mass is 10.0. The van der Waals surface area contributed by atoms with Crippen LogP contribution in [-0.4, -0.2) is 17.4 Å². The molecule has 17 heavy (non-hydrogen) atoms. The Morgan fingerprint density at radius 1 is 1.29 bits per heavy atom. The zero-order valence-corrected chi connectivity index (χ0v) is 10.5. The summed E-state index contributed by atoms with van der Waals surface area (Å²) >= 11 is 0. The van der Waals surface area contributed by atoms with E-state index in [0.717, 1.165) is 12.0 Å². The molecule has 94 valence electrons. The minimum absolute atomic E-state index is 0.0583. The summed E-state index contributed by atoms with van der Waals surface area (Å²) in [5.41, 5.74) is 0.888. The minimum atomic E-state index is 0.0583. The molecule has 4 heteroatoms. The van der Waals surface area contributed by atoms with Gasteiger partial charge in [-0.15, -0.1) is 0 Å². The fraction of sp³-hybridized carbons (Fsp3) is 0.538. The number of phenolic OH excluding ortho intramolecular Hbond substituents is 1. The van der Waals surface area contributed by atoms with Crippen molar-refractivity contribution in [2.24, 2.45) is 0 Å². The molecular weight excluding hydrogens is 218 g/mol. The highest BCUT2D eigenvalue weighted by Gasteiger charge is 2.19. The SMILES string of the molecule is CCC(C)(C)NCc1cc2c(cc1O)OCO2. The van der Waals surface area contributed by atoms with E-state index < -0.39 is 0 Å². The lowest BCUT2D eigenvalue weighted by Crippen LogP contribution is -2.37. The number of fused-ring (bicyclic) bond motifs is 1. The van der Waals surface area contributed by atoms with Crippen molar-refractivity contribution >= 4 is 0 Å². The quantitative estimate of drug-likeness (QED) is 0.844. The van der Waals surface area contributed by atoms with Gasteiger partial charge in [-0.05, 0) is 26.3 Å². The Labute approximate surface area is 102 Å². The first-order chi connectivity index (χ1) is 8.02. The fourth-order valence-corrected chi connectivity index (χ4v) is 1.57. The van der Waals surface area contributed by atoms with Gasteiger partial charge in [0.1, 0.15) is 5.75 Å². The third-order valence-corrected chi connectivity index (χ3v) is 3.22. The second kappa shape index (κ2) is 4.45. The van der Waals surface area contributed by atoms with Crippen LogP contribution in [0.4, 0.5) is 0 Å². The van der Waals surface area contributed by atoms with Crippen LogP contribution >= 0.6 is 0 Å². The summed E-state index contributed by atoms with van der Waals surface area (Å²) < 4.78 is 10.5. The molecule has 0 spiro atoms. The van der Waals surface area contributed by atoms with Gasteiger partial charge < -0.3 is 19.9 Å². The van der Waals surface area contributed by atoms with Crippen molar-refractivity contribution in [3.63, 3.8) is 0 Å². The third kappa shape index (κ3) is 2.64. The number of hydrogen-bond donors (Lipinski definition) is 2. The van der Waals surface area contributed by atoms with E-state index in [2.05, 4.69) is 26.1 Å². The molecule has 1 aromatic carbocycles. The number of benzene rings is 1. The van der Waals surface area contributed by atoms with Crippen LogP contribution in [0, 0.1) is 0 Å². The standard InChI is InChI=1S/C13H19NO3/c1-4-13(2,3)14-7-9-5-11-12(6-10(9)15)17-8-16-11/h5-6,14-15H,4,7-8H2,1-3H3. The van der Waals surface area contributed by atoms with Gasteiger partial charge in [0.05, 0.1) is 0 Å². The molecule has 2 N–H and O–H groups in total. The molecule has 0 radical (unpaired) electrons. The van der Waals surface area contributed by atoms with Gasteiger partial charge >= 0.3 is 0 Å². The number of phenols is 1. The molecule has 0 atom stereocenters. The largest absolute Gasteiger partial charge is 0.507 e. The molecule has 0 amide bonds. The van der Waals surface area contributed by atoms with Gasteiger partial charge in [-0.3, -0.25) is 0 Å².